The third-order valence-corrected chi connectivity index (χ3v) is 0.993. The molecule has 1 saturated heterocycles. The van der Waals surface area contributed by atoms with Crippen LogP contribution in [-0.4, -0.2) is 23.6 Å². The van der Waals surface area contributed by atoms with Gasteiger partial charge in [0.2, 0.25) is 12.3 Å². The molecule has 1 aliphatic heterocycles. The van der Waals surface area contributed by atoms with Crippen molar-refractivity contribution in [2.24, 2.45) is 0 Å². The van der Waals surface area contributed by atoms with Gasteiger partial charge in [-0.3, -0.25) is 4.79 Å². The van der Waals surface area contributed by atoms with E-state index < -0.39 is 0 Å². The van der Waals surface area contributed by atoms with Gasteiger partial charge in [-0.05, 0) is 0 Å². The number of nitrogens with zero attached hydrogens (tertiary/aromatic N) is 1. The van der Waals surface area contributed by atoms with Gasteiger partial charge in [-0.25, -0.2) is 0 Å². The number of Topliss-reactive ketones (excluding diaryl/α,β-unsaturated/α-hetero) is 1. The molecule has 0 atom stereocenters. The van der Waals surface area contributed by atoms with Gasteiger partial charge in [0.05, 0.1) is 6.42 Å². The number of carbonyl (C=O) groups is 1. The summed E-state index contributed by atoms with van der Waals surface area (Å²) in [5.74, 6) is 0.0648. The summed E-state index contributed by atoms with van der Waals surface area (Å²) >= 11 is 0. The predicted octanol–water partition coefficient (Wildman–Crippen LogP) is -0.262. The van der Waals surface area contributed by atoms with E-state index in [9.17, 15) is 9.70 Å². The minimum Gasteiger partial charge on any atom is -0.292 e. The van der Waals surface area contributed by atoms with E-state index in [1.165, 1.54) is 0 Å². The number of carbonyl (C=O) groups excluding carboxylic acids is 1. The standard InChI is InChI=1S/C4H6NO2/c6-4-1-2-5(7)3-4/h1-3H2/q+1. The van der Waals surface area contributed by atoms with Gasteiger partial charge in [-0.2, -0.15) is 0 Å². The van der Waals surface area contributed by atoms with E-state index in [2.05, 4.69) is 0 Å². The smallest absolute Gasteiger partial charge is 0.249 e. The minimum atomic E-state index is 0.0648. The number of rotatable bonds is 0. The summed E-state index contributed by atoms with van der Waals surface area (Å²) in [5.41, 5.74) is 0. The second-order valence-electron chi connectivity index (χ2n) is 1.65. The maximum atomic E-state index is 10.2. The van der Waals surface area contributed by atoms with Gasteiger partial charge in [-0.15, -0.1) is 0 Å². The van der Waals surface area contributed by atoms with E-state index in [0.29, 0.717) is 13.0 Å². The zero-order valence-electron chi connectivity index (χ0n) is 3.89. The topological polar surface area (TPSA) is 37.1 Å². The van der Waals surface area contributed by atoms with Crippen molar-refractivity contribution in [1.82, 2.24) is 0 Å². The summed E-state index contributed by atoms with van der Waals surface area (Å²) in [4.78, 5) is 20.4. The molecule has 0 aliphatic carbocycles. The van der Waals surface area contributed by atoms with Gasteiger partial charge in [0.1, 0.15) is 0 Å². The van der Waals surface area contributed by atoms with Crippen LogP contribution in [0.15, 0.2) is 0 Å². The SMILES string of the molecule is O=C1CC[N+](=O)C1. The maximum absolute atomic E-state index is 10.2. The zero-order valence-corrected chi connectivity index (χ0v) is 3.89. The molecule has 0 bridgehead atoms. The molecular weight excluding hydrogens is 94.0 g/mol. The summed E-state index contributed by atoms with van der Waals surface area (Å²) in [6.45, 7) is 0.513. The van der Waals surface area contributed by atoms with E-state index in [1.807, 2.05) is 0 Å². The molecule has 1 heterocycles. The fourth-order valence-electron chi connectivity index (χ4n) is 0.604. The lowest BCUT2D eigenvalue weighted by molar-refractivity contribution is -0.522. The van der Waals surface area contributed by atoms with Crippen LogP contribution >= 0.6 is 0 Å². The molecule has 0 aromatic rings. The number of hydrogen-bond acceptors (Lipinski definition) is 2. The van der Waals surface area contributed by atoms with E-state index >= 15 is 0 Å². The third kappa shape index (κ3) is 0.824. The molecule has 0 aromatic carbocycles. The van der Waals surface area contributed by atoms with Crippen LogP contribution in [0, 0.1) is 4.91 Å². The number of hydrogen-bond donors (Lipinski definition) is 0. The lowest BCUT2D eigenvalue weighted by atomic mass is 10.4. The van der Waals surface area contributed by atoms with Gasteiger partial charge in [0.25, 0.3) is 0 Å². The average molecular weight is 100 g/mol. The molecule has 0 radical (unpaired) electrons. The van der Waals surface area contributed by atoms with Crippen LogP contribution in [0.4, 0.5) is 0 Å². The van der Waals surface area contributed by atoms with Crippen LogP contribution in [0.3, 0.4) is 0 Å². The lowest BCUT2D eigenvalue weighted by Gasteiger charge is -1.65. The molecule has 7 heavy (non-hydrogen) atoms. The van der Waals surface area contributed by atoms with E-state index in [0.717, 1.165) is 4.76 Å². The fraction of sp³-hybridized carbons (Fsp3) is 0.750. The Kier molecular flexibility index (Phi) is 0.889. The zero-order chi connectivity index (χ0) is 5.28. The summed E-state index contributed by atoms with van der Waals surface area (Å²) in [5, 5.41) is 0. The predicted molar refractivity (Wildman–Crippen MR) is 23.0 cm³/mol. The van der Waals surface area contributed by atoms with Crippen molar-refractivity contribution in [3.05, 3.63) is 4.91 Å². The first-order chi connectivity index (χ1) is 3.29. The normalized spacial score (nSPS) is 21.1. The molecule has 38 valence electrons. The highest BCUT2D eigenvalue weighted by atomic mass is 16.3. The molecular formula is C4H6NO2+. The molecule has 0 aromatic heterocycles. The van der Waals surface area contributed by atoms with Crippen molar-refractivity contribution >= 4 is 5.78 Å². The van der Waals surface area contributed by atoms with Crippen LogP contribution in [0.1, 0.15) is 6.42 Å². The van der Waals surface area contributed by atoms with Crippen molar-refractivity contribution in [2.75, 3.05) is 13.1 Å². The highest BCUT2D eigenvalue weighted by Crippen LogP contribution is 1.94. The molecule has 0 N–H and O–H groups in total. The van der Waals surface area contributed by atoms with Crippen LogP contribution in [0.25, 0.3) is 0 Å². The highest BCUT2D eigenvalue weighted by molar-refractivity contribution is 5.80. The molecule has 0 unspecified atom stereocenters. The van der Waals surface area contributed by atoms with Gasteiger partial charge in [0.15, 0.2) is 6.54 Å². The van der Waals surface area contributed by atoms with Crippen molar-refractivity contribution in [3.8, 4) is 0 Å². The Morgan fingerprint density at radius 1 is 1.57 bits per heavy atom. The third-order valence-electron chi connectivity index (χ3n) is 0.993. The Morgan fingerprint density at radius 3 is 2.43 bits per heavy atom. The largest absolute Gasteiger partial charge is 0.292 e. The van der Waals surface area contributed by atoms with Gasteiger partial charge in [-0.1, -0.05) is 0 Å². The van der Waals surface area contributed by atoms with Crippen molar-refractivity contribution in [2.45, 2.75) is 6.42 Å². The monoisotopic (exact) mass is 100 g/mol. The summed E-state index contributed by atoms with van der Waals surface area (Å²) in [6.07, 6.45) is 0.448. The van der Waals surface area contributed by atoms with Crippen LogP contribution < -0.4 is 0 Å². The Morgan fingerprint density at radius 2 is 2.29 bits per heavy atom. The highest BCUT2D eigenvalue weighted by Gasteiger charge is 2.24. The number of nitroso groups, excluding NO2 is 1. The first-order valence-corrected chi connectivity index (χ1v) is 2.23. The maximum Gasteiger partial charge on any atom is 0.249 e. The molecule has 1 rings (SSSR count). The Hall–Kier alpha value is -0.730. The second kappa shape index (κ2) is 1.40. The fourth-order valence-corrected chi connectivity index (χ4v) is 0.604. The second-order valence-corrected chi connectivity index (χ2v) is 1.65. The van der Waals surface area contributed by atoms with Crippen molar-refractivity contribution in [1.29, 1.82) is 0 Å². The van der Waals surface area contributed by atoms with Crippen molar-refractivity contribution < 1.29 is 9.55 Å². The number of ketones is 1. The molecule has 0 spiro atoms. The molecule has 3 heteroatoms. The van der Waals surface area contributed by atoms with Gasteiger partial charge in [0, 0.05) is 9.67 Å². The van der Waals surface area contributed by atoms with Crippen LogP contribution in [0.5, 0.6) is 0 Å². The van der Waals surface area contributed by atoms with Crippen molar-refractivity contribution in [3.63, 3.8) is 0 Å². The molecule has 1 aliphatic rings. The quantitative estimate of drug-likeness (QED) is 0.393. The summed E-state index contributed by atoms with van der Waals surface area (Å²) in [6, 6.07) is 0. The van der Waals surface area contributed by atoms with Gasteiger partial charge >= 0.3 is 0 Å². The van der Waals surface area contributed by atoms with E-state index in [1.54, 1.807) is 0 Å². The van der Waals surface area contributed by atoms with E-state index in [4.69, 9.17) is 0 Å². The minimum absolute atomic E-state index is 0.0648. The van der Waals surface area contributed by atoms with Crippen LogP contribution in [-0.2, 0) is 4.79 Å². The van der Waals surface area contributed by atoms with Crippen LogP contribution in [0.2, 0.25) is 0 Å². The molecule has 0 saturated carbocycles. The summed E-state index contributed by atoms with van der Waals surface area (Å²) in [7, 11) is 0. The first kappa shape index (κ1) is 4.43. The summed E-state index contributed by atoms with van der Waals surface area (Å²) < 4.78 is 0.780. The molecule has 0 amide bonds. The molecule has 3 nitrogen and oxygen atoms in total. The van der Waals surface area contributed by atoms with E-state index in [-0.39, 0.29) is 12.3 Å². The Labute approximate surface area is 40.9 Å². The average Bonchev–Trinajstić information content (AvgIpc) is 1.87. The first-order valence-electron chi connectivity index (χ1n) is 2.23. The molecule has 1 fully saturated rings. The Balaban J connectivity index is 2.55. The van der Waals surface area contributed by atoms with Gasteiger partial charge < -0.3 is 0 Å². The lowest BCUT2D eigenvalue weighted by Crippen LogP contribution is -2.02. The Bertz CT molecular complexity index is 105.